The van der Waals surface area contributed by atoms with Crippen LogP contribution in [-0.4, -0.2) is 42.1 Å². The van der Waals surface area contributed by atoms with Crippen LogP contribution in [0.4, 0.5) is 5.69 Å². The van der Waals surface area contributed by atoms with Gasteiger partial charge in [0.15, 0.2) is 0 Å². The lowest BCUT2D eigenvalue weighted by Crippen LogP contribution is -2.35. The molecule has 4 rings (SSSR count). The van der Waals surface area contributed by atoms with E-state index < -0.39 is 16.2 Å². The lowest BCUT2D eigenvalue weighted by molar-refractivity contribution is 0.0697. The molecule has 3 aromatic carbocycles. The summed E-state index contributed by atoms with van der Waals surface area (Å²) >= 11 is 0. The summed E-state index contributed by atoms with van der Waals surface area (Å²) in [5.41, 5.74) is 11.9. The number of carboxylic acids is 1. The molecule has 0 radical (unpaired) electrons. The highest BCUT2D eigenvalue weighted by atomic mass is 32.2. The number of carboxylic acid groups (broad SMARTS) is 1. The lowest BCUT2D eigenvalue weighted by atomic mass is 9.99. The van der Waals surface area contributed by atoms with Crippen molar-refractivity contribution in [3.63, 3.8) is 0 Å². The van der Waals surface area contributed by atoms with E-state index in [2.05, 4.69) is 15.9 Å². The van der Waals surface area contributed by atoms with Crippen LogP contribution in [-0.2, 0) is 23.2 Å². The fourth-order valence-electron chi connectivity index (χ4n) is 4.42. The summed E-state index contributed by atoms with van der Waals surface area (Å²) in [7, 11) is -2.52. The Kier molecular flexibility index (Phi) is 7.51. The molecule has 0 aliphatic carbocycles. The minimum absolute atomic E-state index is 0.247. The van der Waals surface area contributed by atoms with E-state index in [4.69, 9.17) is 15.9 Å². The summed E-state index contributed by atoms with van der Waals surface area (Å²) in [6.07, 6.45) is 1.69. The summed E-state index contributed by atoms with van der Waals surface area (Å²) in [6, 6.07) is 18.5. The average Bonchev–Trinajstić information content (AvgIpc) is 3.20. The van der Waals surface area contributed by atoms with Gasteiger partial charge in [-0.2, -0.15) is 8.42 Å². The standard InChI is InChI=1S/C27H30N6O4S/c1-4-7-24-30-25-17(2)14-20(32(3)27(28)31-38(29,36)37)15-23(25)33(24)16-18-10-12-19(13-11-18)21-8-5-6-9-22(21)26(34)35/h5-6,8-15H,4,7,16H2,1-3H3,(H2,28,31)(H,34,35)(H2,29,36,37). The molecular weight excluding hydrogens is 504 g/mol. The van der Waals surface area contributed by atoms with Gasteiger partial charge in [0.25, 0.3) is 0 Å². The topological polar surface area (TPSA) is 157 Å². The second-order valence-corrected chi connectivity index (χ2v) is 10.3. The van der Waals surface area contributed by atoms with Crippen molar-refractivity contribution in [2.45, 2.75) is 33.2 Å². The number of anilines is 1. The highest BCUT2D eigenvalue weighted by Gasteiger charge is 2.17. The van der Waals surface area contributed by atoms with Crippen LogP contribution < -0.4 is 15.8 Å². The monoisotopic (exact) mass is 534 g/mol. The number of guanidine groups is 1. The van der Waals surface area contributed by atoms with Gasteiger partial charge in [0.2, 0.25) is 5.96 Å². The second kappa shape index (κ2) is 10.6. The van der Waals surface area contributed by atoms with Gasteiger partial charge in [-0.05, 0) is 53.8 Å². The van der Waals surface area contributed by atoms with Gasteiger partial charge >= 0.3 is 16.2 Å². The Morgan fingerprint density at radius 3 is 2.45 bits per heavy atom. The predicted octanol–water partition coefficient (Wildman–Crippen LogP) is 3.67. The van der Waals surface area contributed by atoms with Crippen molar-refractivity contribution in [2.24, 2.45) is 15.3 Å². The normalized spacial score (nSPS) is 12.2. The number of aryl methyl sites for hydroxylation is 2. The van der Waals surface area contributed by atoms with E-state index >= 15 is 0 Å². The maximum absolute atomic E-state index is 11.6. The summed E-state index contributed by atoms with van der Waals surface area (Å²) in [5, 5.41) is 14.6. The number of fused-ring (bicyclic) bond motifs is 1. The number of aromatic carboxylic acids is 1. The molecule has 0 aliphatic rings. The molecule has 0 fully saturated rings. The summed E-state index contributed by atoms with van der Waals surface area (Å²) in [6.45, 7) is 4.57. The zero-order chi connectivity index (χ0) is 27.6. The summed E-state index contributed by atoms with van der Waals surface area (Å²) < 4.78 is 28.3. The number of hydrogen-bond donors (Lipinski definition) is 3. The van der Waals surface area contributed by atoms with Crippen molar-refractivity contribution in [2.75, 3.05) is 11.9 Å². The molecule has 0 saturated carbocycles. The number of benzene rings is 3. The first-order chi connectivity index (χ1) is 18.0. The zero-order valence-electron chi connectivity index (χ0n) is 21.4. The average molecular weight is 535 g/mol. The molecule has 0 bridgehead atoms. The minimum Gasteiger partial charge on any atom is -0.478 e. The summed E-state index contributed by atoms with van der Waals surface area (Å²) in [5.74, 6) is -0.287. The maximum Gasteiger partial charge on any atom is 0.336 e. The predicted molar refractivity (Wildman–Crippen MR) is 150 cm³/mol. The Balaban J connectivity index is 1.75. The van der Waals surface area contributed by atoms with Gasteiger partial charge in [0, 0.05) is 25.7 Å². The third-order valence-electron chi connectivity index (χ3n) is 6.30. The molecule has 38 heavy (non-hydrogen) atoms. The fraction of sp³-hybridized carbons (Fsp3) is 0.222. The first-order valence-electron chi connectivity index (χ1n) is 12.0. The number of nitrogens with zero attached hydrogens (tertiary/aromatic N) is 4. The van der Waals surface area contributed by atoms with Gasteiger partial charge in [-0.1, -0.05) is 49.4 Å². The van der Waals surface area contributed by atoms with E-state index in [0.717, 1.165) is 46.4 Å². The highest BCUT2D eigenvalue weighted by Crippen LogP contribution is 2.29. The van der Waals surface area contributed by atoms with Crippen LogP contribution in [0.1, 0.15) is 40.7 Å². The number of nitrogens with two attached hydrogens (primary N) is 2. The van der Waals surface area contributed by atoms with Crippen molar-refractivity contribution in [3.05, 3.63) is 83.2 Å². The van der Waals surface area contributed by atoms with E-state index in [9.17, 15) is 18.3 Å². The second-order valence-electron chi connectivity index (χ2n) is 9.07. The van der Waals surface area contributed by atoms with Crippen LogP contribution in [0.15, 0.2) is 65.1 Å². The van der Waals surface area contributed by atoms with Crippen LogP contribution >= 0.6 is 0 Å². The molecule has 0 amide bonds. The fourth-order valence-corrected chi connectivity index (χ4v) is 4.81. The number of aromatic nitrogens is 2. The van der Waals surface area contributed by atoms with Crippen LogP contribution in [0.2, 0.25) is 0 Å². The molecule has 198 valence electrons. The Bertz CT molecular complexity index is 1640. The van der Waals surface area contributed by atoms with Gasteiger partial charge in [-0.3, -0.25) is 0 Å². The van der Waals surface area contributed by atoms with Gasteiger partial charge < -0.3 is 20.3 Å². The molecule has 11 heteroatoms. The lowest BCUT2D eigenvalue weighted by Gasteiger charge is -2.19. The Morgan fingerprint density at radius 2 is 1.82 bits per heavy atom. The molecule has 10 nitrogen and oxygen atoms in total. The number of rotatable bonds is 8. The van der Waals surface area contributed by atoms with Gasteiger partial charge in [-0.25, -0.2) is 14.9 Å². The van der Waals surface area contributed by atoms with Gasteiger partial charge in [-0.15, -0.1) is 4.40 Å². The Labute approximate surface area is 221 Å². The van der Waals surface area contributed by atoms with E-state index in [0.29, 0.717) is 17.8 Å². The van der Waals surface area contributed by atoms with E-state index in [-0.39, 0.29) is 11.5 Å². The molecule has 0 saturated heterocycles. The van der Waals surface area contributed by atoms with E-state index in [1.807, 2.05) is 49.4 Å². The largest absolute Gasteiger partial charge is 0.478 e. The molecule has 0 aliphatic heterocycles. The van der Waals surface area contributed by atoms with Gasteiger partial charge in [0.1, 0.15) is 5.82 Å². The van der Waals surface area contributed by atoms with E-state index in [1.165, 1.54) is 4.90 Å². The SMILES string of the molecule is CCCc1nc2c(C)cc(N(C)C(N)=NS(N)(=O)=O)cc2n1Cc1ccc(-c2ccccc2C(=O)O)cc1. The smallest absolute Gasteiger partial charge is 0.336 e. The molecule has 0 atom stereocenters. The first-order valence-corrected chi connectivity index (χ1v) is 13.5. The third kappa shape index (κ3) is 5.68. The van der Waals surface area contributed by atoms with Crippen molar-refractivity contribution < 1.29 is 18.3 Å². The highest BCUT2D eigenvalue weighted by molar-refractivity contribution is 7.88. The minimum atomic E-state index is -4.14. The van der Waals surface area contributed by atoms with E-state index in [1.54, 1.807) is 25.2 Å². The van der Waals surface area contributed by atoms with Crippen LogP contribution in [0.5, 0.6) is 0 Å². The summed E-state index contributed by atoms with van der Waals surface area (Å²) in [4.78, 5) is 18.0. The van der Waals surface area contributed by atoms with Crippen LogP contribution in [0.3, 0.4) is 0 Å². The number of hydrogen-bond acceptors (Lipinski definition) is 4. The quantitative estimate of drug-likeness (QED) is 0.230. The van der Waals surface area contributed by atoms with Crippen molar-refractivity contribution in [1.29, 1.82) is 0 Å². The molecule has 4 aromatic rings. The van der Waals surface area contributed by atoms with Crippen molar-refractivity contribution in [3.8, 4) is 11.1 Å². The first kappa shape index (κ1) is 26.8. The zero-order valence-corrected chi connectivity index (χ0v) is 22.2. The Hall–Kier alpha value is -4.22. The molecule has 0 unspecified atom stereocenters. The Morgan fingerprint density at radius 1 is 1.13 bits per heavy atom. The number of imidazole rings is 1. The maximum atomic E-state index is 11.6. The number of carbonyl (C=O) groups is 1. The van der Waals surface area contributed by atoms with Crippen molar-refractivity contribution in [1.82, 2.24) is 9.55 Å². The van der Waals surface area contributed by atoms with Crippen LogP contribution in [0.25, 0.3) is 22.2 Å². The molecule has 1 heterocycles. The van der Waals surface area contributed by atoms with Crippen molar-refractivity contribution >= 4 is 38.9 Å². The van der Waals surface area contributed by atoms with Crippen LogP contribution in [0, 0.1) is 6.92 Å². The molecule has 5 N–H and O–H groups in total. The third-order valence-corrected chi connectivity index (χ3v) is 6.74. The molecule has 1 aromatic heterocycles. The molecular formula is C27H30N6O4S. The van der Waals surface area contributed by atoms with Gasteiger partial charge in [0.05, 0.1) is 16.6 Å². The molecule has 0 spiro atoms.